The molecule has 2 fully saturated rings. The van der Waals surface area contributed by atoms with Crippen LogP contribution in [0.25, 0.3) is 0 Å². The van der Waals surface area contributed by atoms with Crippen LogP contribution in [0.2, 0.25) is 0 Å². The van der Waals surface area contributed by atoms with Gasteiger partial charge in [-0.25, -0.2) is 0 Å². The van der Waals surface area contributed by atoms with Crippen molar-refractivity contribution in [3.63, 3.8) is 0 Å². The average molecular weight is 403 g/mol. The molecule has 3 heterocycles. The summed E-state index contributed by atoms with van der Waals surface area (Å²) in [4.78, 5) is 26.3. The van der Waals surface area contributed by atoms with Gasteiger partial charge in [-0.3, -0.25) is 14.5 Å². The Labute approximate surface area is 169 Å². The quantitative estimate of drug-likeness (QED) is 0.708. The Hall–Kier alpha value is -2.48. The zero-order chi connectivity index (χ0) is 20.3. The number of carbonyl (C=O) groups is 2. The zero-order valence-electron chi connectivity index (χ0n) is 16.9. The highest BCUT2D eigenvalue weighted by Crippen LogP contribution is 2.59. The molecule has 0 N–H and O–H groups in total. The van der Waals surface area contributed by atoms with Gasteiger partial charge >= 0.3 is 11.9 Å². The highest BCUT2D eigenvalue weighted by atomic mass is 16.7. The van der Waals surface area contributed by atoms with Crippen molar-refractivity contribution in [1.29, 1.82) is 0 Å². The van der Waals surface area contributed by atoms with Gasteiger partial charge in [0.05, 0.1) is 12.5 Å². The van der Waals surface area contributed by atoms with E-state index < -0.39 is 17.6 Å². The minimum absolute atomic E-state index is 0.151. The van der Waals surface area contributed by atoms with Gasteiger partial charge in [0.25, 0.3) is 0 Å². The van der Waals surface area contributed by atoms with Crippen molar-refractivity contribution < 1.29 is 33.3 Å². The number of hydrogen-bond donors (Lipinski definition) is 0. The van der Waals surface area contributed by atoms with Crippen molar-refractivity contribution in [3.8, 4) is 17.2 Å². The Morgan fingerprint density at radius 3 is 2.69 bits per heavy atom. The molecule has 8 nitrogen and oxygen atoms in total. The molecule has 156 valence electrons. The molecule has 1 unspecified atom stereocenters. The maximum Gasteiger partial charge on any atom is 0.303 e. The minimum Gasteiger partial charge on any atom is -0.492 e. The fraction of sp³-hybridized carbons (Fsp3) is 0.619. The second-order valence-corrected chi connectivity index (χ2v) is 8.20. The predicted molar refractivity (Wildman–Crippen MR) is 100.0 cm³/mol. The van der Waals surface area contributed by atoms with Crippen LogP contribution in [0, 0.1) is 0 Å². The summed E-state index contributed by atoms with van der Waals surface area (Å²) in [5.41, 5.74) is 1.61. The minimum atomic E-state index is -0.559. The number of esters is 2. The standard InChI is InChI=1S/C21H25NO7/c1-11(23)28-15-4-5-17-21(20(15)29-12(2)24)6-7-22(17)9-13-14(21)8-16-19(18(13)25-3)27-10-26-16/h8,15,17,20H,4-7,9-10H2,1-3H3/t15-,17-,20-,21-/m0/s1. The molecule has 1 aromatic carbocycles. The third-order valence-corrected chi connectivity index (χ3v) is 6.82. The fourth-order valence-electron chi connectivity index (χ4n) is 5.95. The van der Waals surface area contributed by atoms with Crippen LogP contribution in [0.3, 0.4) is 0 Å². The van der Waals surface area contributed by atoms with Crippen LogP contribution >= 0.6 is 0 Å². The Kier molecular flexibility index (Phi) is 4.17. The smallest absolute Gasteiger partial charge is 0.303 e. The number of nitrogens with zero attached hydrogens (tertiary/aromatic N) is 1. The van der Waals surface area contributed by atoms with E-state index in [0.717, 1.165) is 37.1 Å². The number of carbonyl (C=O) groups excluding carboxylic acids is 2. The number of benzene rings is 1. The van der Waals surface area contributed by atoms with E-state index in [1.54, 1.807) is 7.11 Å². The van der Waals surface area contributed by atoms with E-state index in [1.807, 2.05) is 6.07 Å². The predicted octanol–water partition coefficient (Wildman–Crippen LogP) is 1.91. The number of methoxy groups -OCH3 is 1. The summed E-state index contributed by atoms with van der Waals surface area (Å²) in [6.45, 7) is 4.57. The van der Waals surface area contributed by atoms with Gasteiger partial charge in [0, 0.05) is 32.0 Å². The Morgan fingerprint density at radius 2 is 1.97 bits per heavy atom. The normalized spacial score (nSPS) is 33.5. The van der Waals surface area contributed by atoms with Gasteiger partial charge in [-0.05, 0) is 37.4 Å². The zero-order valence-corrected chi connectivity index (χ0v) is 16.9. The molecule has 29 heavy (non-hydrogen) atoms. The third-order valence-electron chi connectivity index (χ3n) is 6.82. The lowest BCUT2D eigenvalue weighted by Gasteiger charge is -2.52. The summed E-state index contributed by atoms with van der Waals surface area (Å²) in [6.07, 6.45) is 1.30. The summed E-state index contributed by atoms with van der Waals surface area (Å²) in [5.74, 6) is 1.20. The molecule has 4 aliphatic rings. The summed E-state index contributed by atoms with van der Waals surface area (Å²) in [6, 6.07) is 2.22. The molecule has 1 aromatic rings. The molecule has 3 aliphatic heterocycles. The van der Waals surface area contributed by atoms with Crippen LogP contribution in [0.4, 0.5) is 0 Å². The first-order valence-electron chi connectivity index (χ1n) is 10.0. The average Bonchev–Trinajstić information content (AvgIpc) is 3.24. The maximum absolute atomic E-state index is 12.1. The molecular formula is C21H25NO7. The number of rotatable bonds is 3. The van der Waals surface area contributed by atoms with Gasteiger partial charge < -0.3 is 23.7 Å². The van der Waals surface area contributed by atoms with E-state index in [0.29, 0.717) is 23.7 Å². The largest absolute Gasteiger partial charge is 0.492 e. The summed E-state index contributed by atoms with van der Waals surface area (Å²) in [5, 5.41) is 0. The van der Waals surface area contributed by atoms with Crippen LogP contribution in [-0.4, -0.2) is 55.5 Å². The molecule has 0 amide bonds. The van der Waals surface area contributed by atoms with Crippen LogP contribution in [0.5, 0.6) is 17.2 Å². The second kappa shape index (κ2) is 6.52. The molecule has 5 atom stereocenters. The fourth-order valence-corrected chi connectivity index (χ4v) is 5.95. The molecule has 5 rings (SSSR count). The van der Waals surface area contributed by atoms with Crippen LogP contribution in [-0.2, 0) is 31.0 Å². The maximum atomic E-state index is 12.1. The van der Waals surface area contributed by atoms with E-state index in [1.165, 1.54) is 13.8 Å². The molecule has 1 saturated heterocycles. The van der Waals surface area contributed by atoms with E-state index >= 15 is 0 Å². The molecule has 8 heteroatoms. The molecular weight excluding hydrogens is 378 g/mol. The molecule has 2 bridgehead atoms. The van der Waals surface area contributed by atoms with Crippen LogP contribution in [0.1, 0.15) is 44.2 Å². The van der Waals surface area contributed by atoms with Crippen LogP contribution < -0.4 is 14.2 Å². The Bertz CT molecular complexity index is 884. The highest BCUT2D eigenvalue weighted by molar-refractivity contribution is 5.69. The topological polar surface area (TPSA) is 83.5 Å². The number of ether oxygens (including phenoxy) is 5. The lowest BCUT2D eigenvalue weighted by atomic mass is 9.60. The van der Waals surface area contributed by atoms with Gasteiger partial charge in [-0.2, -0.15) is 0 Å². The van der Waals surface area contributed by atoms with Crippen molar-refractivity contribution in [2.24, 2.45) is 0 Å². The first-order valence-corrected chi connectivity index (χ1v) is 10.0. The summed E-state index contributed by atoms with van der Waals surface area (Å²) < 4.78 is 28.6. The van der Waals surface area contributed by atoms with Gasteiger partial charge in [-0.1, -0.05) is 0 Å². The van der Waals surface area contributed by atoms with E-state index in [4.69, 9.17) is 23.7 Å². The van der Waals surface area contributed by atoms with Gasteiger partial charge in [0.2, 0.25) is 12.5 Å². The molecule has 0 aromatic heterocycles. The van der Waals surface area contributed by atoms with Crippen LogP contribution in [0.15, 0.2) is 6.07 Å². The van der Waals surface area contributed by atoms with Crippen molar-refractivity contribution in [2.45, 2.75) is 63.3 Å². The van der Waals surface area contributed by atoms with Gasteiger partial charge in [0.15, 0.2) is 11.5 Å². The number of hydrogen-bond acceptors (Lipinski definition) is 8. The van der Waals surface area contributed by atoms with Gasteiger partial charge in [0.1, 0.15) is 12.2 Å². The third kappa shape index (κ3) is 2.54. The van der Waals surface area contributed by atoms with Crippen molar-refractivity contribution in [1.82, 2.24) is 4.90 Å². The Morgan fingerprint density at radius 1 is 1.17 bits per heavy atom. The van der Waals surface area contributed by atoms with E-state index in [9.17, 15) is 9.59 Å². The van der Waals surface area contributed by atoms with Crippen molar-refractivity contribution in [3.05, 3.63) is 17.2 Å². The van der Waals surface area contributed by atoms with Crippen molar-refractivity contribution in [2.75, 3.05) is 20.4 Å². The van der Waals surface area contributed by atoms with Crippen molar-refractivity contribution >= 4 is 11.9 Å². The van der Waals surface area contributed by atoms with Gasteiger partial charge in [-0.15, -0.1) is 0 Å². The SMILES string of the molecule is COc1c2c(cc3c1OCO3)[C@@]13CCN(C2)[C@H]1CC[C@H](OC(C)=O)[C@@H]3OC(C)=O. The lowest BCUT2D eigenvalue weighted by molar-refractivity contribution is -0.180. The summed E-state index contributed by atoms with van der Waals surface area (Å²) in [7, 11) is 1.63. The lowest BCUT2D eigenvalue weighted by Crippen LogP contribution is -2.62. The molecule has 1 saturated carbocycles. The summed E-state index contributed by atoms with van der Waals surface area (Å²) >= 11 is 0. The molecule has 0 spiro atoms. The highest BCUT2D eigenvalue weighted by Gasteiger charge is 2.63. The molecule has 1 aliphatic carbocycles. The number of fused-ring (bicyclic) bond motifs is 2. The van der Waals surface area contributed by atoms with E-state index in [2.05, 4.69) is 4.90 Å². The molecule has 0 radical (unpaired) electrons. The van der Waals surface area contributed by atoms with E-state index in [-0.39, 0.29) is 24.8 Å². The first kappa shape index (κ1) is 18.5. The monoisotopic (exact) mass is 403 g/mol. The second-order valence-electron chi connectivity index (χ2n) is 8.20. The Balaban J connectivity index is 1.71. The first-order chi connectivity index (χ1) is 14.0.